The molecule has 1 aromatic carbocycles. The lowest BCUT2D eigenvalue weighted by molar-refractivity contribution is -0.115. The van der Waals surface area contributed by atoms with Gasteiger partial charge in [-0.3, -0.25) is 10.1 Å². The molecule has 162 valence electrons. The zero-order chi connectivity index (χ0) is 22.8. The summed E-state index contributed by atoms with van der Waals surface area (Å²) < 4.78 is 32.2. The first-order valence-corrected chi connectivity index (χ1v) is 11.8. The molecule has 9 nitrogen and oxygen atoms in total. The van der Waals surface area contributed by atoms with Gasteiger partial charge in [-0.05, 0) is 32.9 Å². The molecule has 0 spiro atoms. The fourth-order valence-electron chi connectivity index (χ4n) is 2.73. The quantitative estimate of drug-likeness (QED) is 0.534. The van der Waals surface area contributed by atoms with E-state index in [-0.39, 0.29) is 33.8 Å². The number of nitriles is 1. The van der Waals surface area contributed by atoms with Crippen molar-refractivity contribution in [3.63, 3.8) is 0 Å². The Labute approximate surface area is 184 Å². The summed E-state index contributed by atoms with van der Waals surface area (Å²) in [4.78, 5) is 12.8. The second-order valence-electron chi connectivity index (χ2n) is 6.88. The monoisotopic (exact) mass is 459 g/mol. The zero-order valence-corrected chi connectivity index (χ0v) is 19.0. The van der Waals surface area contributed by atoms with Gasteiger partial charge in [0.25, 0.3) is 0 Å². The molecule has 0 saturated carbocycles. The number of nitrogens with one attached hydrogen (secondary N) is 1. The summed E-state index contributed by atoms with van der Waals surface area (Å²) in [5.74, 6) is 0.255. The van der Waals surface area contributed by atoms with Crippen LogP contribution in [0.2, 0.25) is 0 Å². The number of hydrogen-bond donors (Lipinski definition) is 1. The number of amides is 1. The fraction of sp³-hybridized carbons (Fsp3) is 0.300. The number of carbonyl (C=O) groups excluding carboxylic acids is 1. The van der Waals surface area contributed by atoms with E-state index in [1.54, 1.807) is 50.6 Å². The number of anilines is 1. The normalized spacial score (nSPS) is 12.4. The van der Waals surface area contributed by atoms with Crippen molar-refractivity contribution in [3.8, 4) is 6.07 Å². The van der Waals surface area contributed by atoms with Crippen LogP contribution in [0.25, 0.3) is 0 Å². The van der Waals surface area contributed by atoms with Crippen LogP contribution in [0, 0.1) is 25.2 Å². The number of furan rings is 1. The van der Waals surface area contributed by atoms with E-state index in [0.29, 0.717) is 16.5 Å². The zero-order valence-electron chi connectivity index (χ0n) is 17.4. The number of hydrogen-bond acceptors (Lipinski definition) is 8. The number of sulfone groups is 1. The van der Waals surface area contributed by atoms with E-state index in [0.717, 1.165) is 11.8 Å². The molecule has 0 radical (unpaired) electrons. The molecule has 2 aromatic heterocycles. The van der Waals surface area contributed by atoms with E-state index >= 15 is 0 Å². The molecule has 3 aromatic rings. The van der Waals surface area contributed by atoms with Crippen LogP contribution in [0.1, 0.15) is 29.6 Å². The summed E-state index contributed by atoms with van der Waals surface area (Å²) in [5, 5.41) is 19.7. The van der Waals surface area contributed by atoms with Crippen LogP contribution in [0.4, 0.5) is 5.88 Å². The van der Waals surface area contributed by atoms with Gasteiger partial charge in [0, 0.05) is 12.6 Å². The molecular formula is C20H21N5O4S2. The van der Waals surface area contributed by atoms with Crippen LogP contribution in [-0.4, -0.2) is 34.3 Å². The highest BCUT2D eigenvalue weighted by atomic mass is 32.2. The van der Waals surface area contributed by atoms with Crippen molar-refractivity contribution in [2.45, 2.75) is 41.8 Å². The maximum Gasteiger partial charge on any atom is 0.240 e. The molecule has 0 aliphatic carbocycles. The third kappa shape index (κ3) is 4.81. The first-order chi connectivity index (χ1) is 14.6. The Kier molecular flexibility index (Phi) is 6.52. The predicted molar refractivity (Wildman–Crippen MR) is 115 cm³/mol. The van der Waals surface area contributed by atoms with E-state index in [2.05, 4.69) is 15.5 Å². The van der Waals surface area contributed by atoms with Crippen molar-refractivity contribution in [1.29, 1.82) is 5.26 Å². The van der Waals surface area contributed by atoms with Gasteiger partial charge >= 0.3 is 0 Å². The molecule has 2 heterocycles. The summed E-state index contributed by atoms with van der Waals surface area (Å²) in [6, 6.07) is 10.1. The molecule has 1 atom stereocenters. The molecule has 0 bridgehead atoms. The summed E-state index contributed by atoms with van der Waals surface area (Å²) in [7, 11) is -1.92. The van der Waals surface area contributed by atoms with Crippen molar-refractivity contribution in [2.75, 3.05) is 5.32 Å². The van der Waals surface area contributed by atoms with Crippen LogP contribution in [0.5, 0.6) is 0 Å². The standard InChI is InChI=1S/C20H21N5O4S2/c1-12-13(2)29-19(16(12)10-21)22-18(26)14(3)30-20-24-23-17(25(20)4)11-31(27,28)15-8-6-5-7-9-15/h5-9,14H,11H2,1-4H3,(H,22,26). The summed E-state index contributed by atoms with van der Waals surface area (Å²) in [6.45, 7) is 5.13. The van der Waals surface area contributed by atoms with Gasteiger partial charge in [-0.2, -0.15) is 5.26 Å². The fourth-order valence-corrected chi connectivity index (χ4v) is 4.89. The Morgan fingerprint density at radius 3 is 2.61 bits per heavy atom. The van der Waals surface area contributed by atoms with Crippen molar-refractivity contribution >= 4 is 33.4 Å². The molecule has 0 fully saturated rings. The first-order valence-electron chi connectivity index (χ1n) is 9.27. The molecule has 0 aliphatic heterocycles. The third-order valence-corrected chi connectivity index (χ3v) is 7.49. The minimum Gasteiger partial charge on any atom is -0.444 e. The SMILES string of the molecule is Cc1oc(NC(=O)C(C)Sc2nnc(CS(=O)(=O)c3ccccc3)n2C)c(C#N)c1C. The minimum absolute atomic E-state index is 0.113. The van der Waals surface area contributed by atoms with Gasteiger partial charge in [0.2, 0.25) is 11.8 Å². The summed E-state index contributed by atoms with van der Waals surface area (Å²) in [5.41, 5.74) is 0.964. The molecule has 11 heteroatoms. The first kappa shape index (κ1) is 22.6. The maximum absolute atomic E-state index is 12.6. The number of aromatic nitrogens is 3. The molecule has 1 amide bonds. The van der Waals surface area contributed by atoms with Gasteiger partial charge in [0.1, 0.15) is 29.0 Å². The Hall–Kier alpha value is -3.10. The smallest absolute Gasteiger partial charge is 0.240 e. The molecule has 31 heavy (non-hydrogen) atoms. The number of carbonyl (C=O) groups is 1. The van der Waals surface area contributed by atoms with Crippen molar-refractivity contribution in [2.24, 2.45) is 7.05 Å². The largest absolute Gasteiger partial charge is 0.444 e. The average molecular weight is 460 g/mol. The van der Waals surface area contributed by atoms with Crippen LogP contribution < -0.4 is 5.32 Å². The van der Waals surface area contributed by atoms with E-state index in [4.69, 9.17) is 4.42 Å². The molecule has 3 rings (SSSR count). The van der Waals surface area contributed by atoms with E-state index < -0.39 is 15.1 Å². The molecule has 1 N–H and O–H groups in total. The summed E-state index contributed by atoms with van der Waals surface area (Å²) >= 11 is 1.12. The lowest BCUT2D eigenvalue weighted by atomic mass is 10.2. The minimum atomic E-state index is -3.57. The van der Waals surface area contributed by atoms with Crippen molar-refractivity contribution in [3.05, 3.63) is 53.0 Å². The summed E-state index contributed by atoms with van der Waals surface area (Å²) in [6.07, 6.45) is 0. The number of thioether (sulfide) groups is 1. The van der Waals surface area contributed by atoms with Gasteiger partial charge in [-0.1, -0.05) is 30.0 Å². The number of nitrogens with zero attached hydrogens (tertiary/aromatic N) is 4. The molecular weight excluding hydrogens is 438 g/mol. The lowest BCUT2D eigenvalue weighted by Gasteiger charge is -2.10. The third-order valence-electron chi connectivity index (χ3n) is 4.73. The average Bonchev–Trinajstić information content (AvgIpc) is 3.21. The van der Waals surface area contributed by atoms with Crippen LogP contribution in [0.3, 0.4) is 0 Å². The number of rotatable bonds is 7. The second-order valence-corrected chi connectivity index (χ2v) is 10.2. The van der Waals surface area contributed by atoms with Crippen molar-refractivity contribution < 1.29 is 17.6 Å². The Balaban J connectivity index is 1.71. The van der Waals surface area contributed by atoms with Crippen LogP contribution in [-0.2, 0) is 27.4 Å². The maximum atomic E-state index is 12.6. The highest BCUT2D eigenvalue weighted by Crippen LogP contribution is 2.28. The lowest BCUT2D eigenvalue weighted by Crippen LogP contribution is -2.23. The van der Waals surface area contributed by atoms with Gasteiger partial charge < -0.3 is 8.98 Å². The second kappa shape index (κ2) is 8.95. The number of benzene rings is 1. The Morgan fingerprint density at radius 1 is 1.29 bits per heavy atom. The molecule has 0 aliphatic rings. The Morgan fingerprint density at radius 2 is 1.97 bits per heavy atom. The topological polar surface area (TPSA) is 131 Å². The van der Waals surface area contributed by atoms with Gasteiger partial charge in [0.15, 0.2) is 15.0 Å². The van der Waals surface area contributed by atoms with Crippen LogP contribution >= 0.6 is 11.8 Å². The predicted octanol–water partition coefficient (Wildman–Crippen LogP) is 2.99. The van der Waals surface area contributed by atoms with E-state index in [9.17, 15) is 18.5 Å². The van der Waals surface area contributed by atoms with Crippen molar-refractivity contribution in [1.82, 2.24) is 14.8 Å². The molecule has 0 saturated heterocycles. The number of aryl methyl sites for hydroxylation is 1. The van der Waals surface area contributed by atoms with Gasteiger partial charge in [-0.25, -0.2) is 8.42 Å². The van der Waals surface area contributed by atoms with E-state index in [1.807, 2.05) is 6.07 Å². The highest BCUT2D eigenvalue weighted by Gasteiger charge is 2.24. The highest BCUT2D eigenvalue weighted by molar-refractivity contribution is 8.00. The van der Waals surface area contributed by atoms with Crippen LogP contribution in [0.15, 0.2) is 44.8 Å². The van der Waals surface area contributed by atoms with Gasteiger partial charge in [-0.15, -0.1) is 10.2 Å². The van der Waals surface area contributed by atoms with E-state index in [1.165, 1.54) is 12.1 Å². The molecule has 1 unspecified atom stereocenters. The van der Waals surface area contributed by atoms with Gasteiger partial charge in [0.05, 0.1) is 10.1 Å². The Bertz CT molecular complexity index is 1260.